The molecule has 8 nitrogen and oxygen atoms in total. The summed E-state index contributed by atoms with van der Waals surface area (Å²) in [5.74, 6) is -0.429. The van der Waals surface area contributed by atoms with E-state index in [-0.39, 0.29) is 0 Å². The Morgan fingerprint density at radius 2 is 2.22 bits per heavy atom. The lowest BCUT2D eigenvalue weighted by Crippen LogP contribution is -2.42. The maximum atomic E-state index is 11.7. The van der Waals surface area contributed by atoms with E-state index in [1.165, 1.54) is 4.68 Å². The molecule has 8 heteroatoms. The van der Waals surface area contributed by atoms with Gasteiger partial charge >= 0.3 is 6.03 Å². The largest absolute Gasteiger partial charge is 0.338 e. The summed E-state index contributed by atoms with van der Waals surface area (Å²) in [7, 11) is 1.80. The lowest BCUT2D eigenvalue weighted by Gasteiger charge is -2.11. The third kappa shape index (κ3) is 3.81. The Bertz CT molecular complexity index is 416. The van der Waals surface area contributed by atoms with E-state index < -0.39 is 18.0 Å². The molecule has 3 N–H and O–H groups in total. The summed E-state index contributed by atoms with van der Waals surface area (Å²) < 4.78 is 1.42. The fourth-order valence-electron chi connectivity index (χ4n) is 1.31. The highest BCUT2D eigenvalue weighted by Gasteiger charge is 2.18. The Labute approximate surface area is 105 Å². The Kier molecular flexibility index (Phi) is 5.25. The molecule has 1 atom stereocenters. The van der Waals surface area contributed by atoms with Crippen LogP contribution in [-0.4, -0.2) is 40.5 Å². The van der Waals surface area contributed by atoms with Crippen LogP contribution in [0.2, 0.25) is 0 Å². The van der Waals surface area contributed by atoms with E-state index >= 15 is 0 Å². The number of rotatable bonds is 5. The number of imide groups is 1. The van der Waals surface area contributed by atoms with Crippen LogP contribution in [0.1, 0.15) is 25.6 Å². The maximum Gasteiger partial charge on any atom is 0.321 e. The number of carbonyl (C=O) groups is 2. The first-order chi connectivity index (χ1) is 8.58. The molecule has 1 aromatic heterocycles. The van der Waals surface area contributed by atoms with Crippen LogP contribution in [0.25, 0.3) is 0 Å². The molecule has 0 aliphatic carbocycles. The highest BCUT2D eigenvalue weighted by molar-refractivity contribution is 5.95. The molecule has 3 amide bonds. The number of hydrogen-bond donors (Lipinski definition) is 3. The van der Waals surface area contributed by atoms with Crippen molar-refractivity contribution in [2.75, 3.05) is 13.6 Å². The van der Waals surface area contributed by atoms with Gasteiger partial charge in [-0.1, -0.05) is 5.21 Å². The number of aromatic nitrogens is 3. The number of amides is 3. The lowest BCUT2D eigenvalue weighted by molar-refractivity contribution is -0.123. The first-order valence-corrected chi connectivity index (χ1v) is 5.72. The van der Waals surface area contributed by atoms with Gasteiger partial charge in [-0.05, 0) is 20.9 Å². The van der Waals surface area contributed by atoms with E-state index in [1.54, 1.807) is 27.1 Å². The molecule has 0 bridgehead atoms. The Hall–Kier alpha value is -1.96. The van der Waals surface area contributed by atoms with Crippen molar-refractivity contribution in [1.82, 2.24) is 30.9 Å². The SMILES string of the molecule is CCNC(=O)NC(=O)C(C)n1cc(CNC)nn1. The van der Waals surface area contributed by atoms with Crippen LogP contribution in [-0.2, 0) is 11.3 Å². The van der Waals surface area contributed by atoms with Crippen LogP contribution < -0.4 is 16.0 Å². The standard InChI is InChI=1S/C10H18N6O2/c1-4-12-10(18)13-9(17)7(2)16-6-8(5-11-3)14-15-16/h6-7,11H,4-5H2,1-3H3,(H2,12,13,17,18). The summed E-state index contributed by atoms with van der Waals surface area (Å²) in [5, 5.41) is 15.4. The smallest absolute Gasteiger partial charge is 0.321 e. The van der Waals surface area contributed by atoms with Crippen LogP contribution in [0.4, 0.5) is 4.79 Å². The quantitative estimate of drug-likeness (QED) is 0.651. The van der Waals surface area contributed by atoms with Crippen molar-refractivity contribution >= 4 is 11.9 Å². The molecular weight excluding hydrogens is 236 g/mol. The fraction of sp³-hybridized carbons (Fsp3) is 0.600. The molecule has 0 aromatic carbocycles. The Morgan fingerprint density at radius 1 is 1.50 bits per heavy atom. The van der Waals surface area contributed by atoms with E-state index in [0.717, 1.165) is 5.69 Å². The fourth-order valence-corrected chi connectivity index (χ4v) is 1.31. The van der Waals surface area contributed by atoms with Gasteiger partial charge in [0.15, 0.2) is 0 Å². The van der Waals surface area contributed by atoms with Gasteiger partial charge in [0.25, 0.3) is 5.91 Å². The van der Waals surface area contributed by atoms with Crippen molar-refractivity contribution in [3.63, 3.8) is 0 Å². The third-order valence-corrected chi connectivity index (χ3v) is 2.27. The van der Waals surface area contributed by atoms with Crippen LogP contribution in [0.15, 0.2) is 6.20 Å². The van der Waals surface area contributed by atoms with Gasteiger partial charge in [-0.25, -0.2) is 9.48 Å². The molecule has 1 aromatic rings. The van der Waals surface area contributed by atoms with Crippen LogP contribution >= 0.6 is 0 Å². The number of hydrogen-bond acceptors (Lipinski definition) is 5. The predicted molar refractivity (Wildman–Crippen MR) is 64.7 cm³/mol. The van der Waals surface area contributed by atoms with Gasteiger partial charge in [-0.15, -0.1) is 5.10 Å². The molecule has 0 spiro atoms. The van der Waals surface area contributed by atoms with E-state index in [9.17, 15) is 9.59 Å². The normalized spacial score (nSPS) is 11.9. The molecule has 0 aliphatic heterocycles. The van der Waals surface area contributed by atoms with Crippen LogP contribution in [0.3, 0.4) is 0 Å². The second-order valence-electron chi connectivity index (χ2n) is 3.74. The topological polar surface area (TPSA) is 101 Å². The van der Waals surface area contributed by atoms with Crippen molar-refractivity contribution in [2.45, 2.75) is 26.4 Å². The highest BCUT2D eigenvalue weighted by Crippen LogP contribution is 2.04. The van der Waals surface area contributed by atoms with Crippen molar-refractivity contribution < 1.29 is 9.59 Å². The first-order valence-electron chi connectivity index (χ1n) is 5.72. The van der Waals surface area contributed by atoms with Crippen molar-refractivity contribution in [3.8, 4) is 0 Å². The zero-order chi connectivity index (χ0) is 13.5. The summed E-state index contributed by atoms with van der Waals surface area (Å²) in [4.78, 5) is 22.9. The average Bonchev–Trinajstić information content (AvgIpc) is 2.77. The zero-order valence-electron chi connectivity index (χ0n) is 10.7. The summed E-state index contributed by atoms with van der Waals surface area (Å²) in [6.07, 6.45) is 1.67. The predicted octanol–water partition coefficient (Wildman–Crippen LogP) is -0.596. The summed E-state index contributed by atoms with van der Waals surface area (Å²) >= 11 is 0. The van der Waals surface area contributed by atoms with Gasteiger partial charge in [0.2, 0.25) is 0 Å². The minimum Gasteiger partial charge on any atom is -0.338 e. The molecule has 1 unspecified atom stereocenters. The first kappa shape index (κ1) is 14.1. The molecule has 100 valence electrons. The molecule has 0 saturated heterocycles. The van der Waals surface area contributed by atoms with Crippen molar-refractivity contribution in [3.05, 3.63) is 11.9 Å². The minimum atomic E-state index is -0.592. The third-order valence-electron chi connectivity index (χ3n) is 2.27. The van der Waals surface area contributed by atoms with Gasteiger partial charge in [-0.2, -0.15) is 0 Å². The zero-order valence-corrected chi connectivity index (χ0v) is 10.7. The van der Waals surface area contributed by atoms with Gasteiger partial charge in [0.05, 0.1) is 11.9 Å². The van der Waals surface area contributed by atoms with E-state index in [0.29, 0.717) is 13.1 Å². The number of nitrogens with zero attached hydrogens (tertiary/aromatic N) is 3. The lowest BCUT2D eigenvalue weighted by atomic mass is 10.3. The highest BCUT2D eigenvalue weighted by atomic mass is 16.2. The summed E-state index contributed by atoms with van der Waals surface area (Å²) in [6.45, 7) is 4.45. The number of carbonyl (C=O) groups excluding carboxylic acids is 2. The van der Waals surface area contributed by atoms with Gasteiger partial charge in [0, 0.05) is 13.1 Å². The minimum absolute atomic E-state index is 0.429. The Balaban J connectivity index is 2.59. The summed E-state index contributed by atoms with van der Waals surface area (Å²) in [6, 6.07) is -1.10. The molecule has 0 radical (unpaired) electrons. The molecule has 0 saturated carbocycles. The monoisotopic (exact) mass is 254 g/mol. The average molecular weight is 254 g/mol. The summed E-state index contributed by atoms with van der Waals surface area (Å²) in [5.41, 5.74) is 0.732. The van der Waals surface area contributed by atoms with Crippen molar-refractivity contribution in [2.24, 2.45) is 0 Å². The molecule has 18 heavy (non-hydrogen) atoms. The second kappa shape index (κ2) is 6.70. The Morgan fingerprint density at radius 3 is 2.83 bits per heavy atom. The van der Waals surface area contributed by atoms with Crippen LogP contribution in [0, 0.1) is 0 Å². The van der Waals surface area contributed by atoms with E-state index in [4.69, 9.17) is 0 Å². The molecule has 1 rings (SSSR count). The molecule has 0 fully saturated rings. The molecule has 1 heterocycles. The number of nitrogens with one attached hydrogen (secondary N) is 3. The maximum absolute atomic E-state index is 11.7. The van der Waals surface area contributed by atoms with Crippen molar-refractivity contribution in [1.29, 1.82) is 0 Å². The van der Waals surface area contributed by atoms with Gasteiger partial charge < -0.3 is 10.6 Å². The van der Waals surface area contributed by atoms with Crippen LogP contribution in [0.5, 0.6) is 0 Å². The van der Waals surface area contributed by atoms with Gasteiger partial charge in [-0.3, -0.25) is 10.1 Å². The van der Waals surface area contributed by atoms with E-state index in [2.05, 4.69) is 26.3 Å². The van der Waals surface area contributed by atoms with Gasteiger partial charge in [0.1, 0.15) is 6.04 Å². The molecule has 0 aliphatic rings. The molecular formula is C10H18N6O2. The number of urea groups is 1. The second-order valence-corrected chi connectivity index (χ2v) is 3.74. The van der Waals surface area contributed by atoms with E-state index in [1.807, 2.05) is 0 Å².